The molecule has 0 bridgehead atoms. The monoisotopic (exact) mass is 251 g/mol. The second-order valence-corrected chi connectivity index (χ2v) is 4.40. The van der Waals surface area contributed by atoms with Gasteiger partial charge in [-0.25, -0.2) is 0 Å². The van der Waals surface area contributed by atoms with Crippen molar-refractivity contribution < 1.29 is 14.6 Å². The van der Waals surface area contributed by atoms with Crippen molar-refractivity contribution in [1.29, 1.82) is 0 Å². The van der Waals surface area contributed by atoms with Crippen molar-refractivity contribution in [3.63, 3.8) is 0 Å². The largest absolute Gasteiger partial charge is 0.389 e. The topological polar surface area (TPSA) is 58.6 Å². The van der Waals surface area contributed by atoms with Crippen LogP contribution >= 0.6 is 0 Å². The fourth-order valence-corrected chi connectivity index (χ4v) is 1.58. The highest BCUT2D eigenvalue weighted by Gasteiger charge is 2.06. The summed E-state index contributed by atoms with van der Waals surface area (Å²) in [6, 6.07) is 8.13. The van der Waals surface area contributed by atoms with Gasteiger partial charge in [0.05, 0.1) is 12.7 Å². The Kier molecular flexibility index (Phi) is 6.39. The van der Waals surface area contributed by atoms with Gasteiger partial charge in [-0.1, -0.05) is 29.8 Å². The molecule has 1 atom stereocenters. The highest BCUT2D eigenvalue weighted by molar-refractivity contribution is 5.76. The molecule has 0 spiro atoms. The molecule has 4 nitrogen and oxygen atoms in total. The van der Waals surface area contributed by atoms with Crippen molar-refractivity contribution in [3.05, 3.63) is 35.4 Å². The number of hydrogen-bond donors (Lipinski definition) is 2. The number of benzene rings is 1. The fraction of sp³-hybridized carbons (Fsp3) is 0.500. The van der Waals surface area contributed by atoms with Gasteiger partial charge in [0.25, 0.3) is 0 Å². The fourth-order valence-electron chi connectivity index (χ4n) is 1.58. The van der Waals surface area contributed by atoms with Crippen molar-refractivity contribution in [2.75, 3.05) is 20.3 Å². The summed E-state index contributed by atoms with van der Waals surface area (Å²) >= 11 is 0. The maximum atomic E-state index is 11.5. The molecular weight excluding hydrogens is 230 g/mol. The Morgan fingerprint density at radius 2 is 2.06 bits per heavy atom. The summed E-state index contributed by atoms with van der Waals surface area (Å²) in [5.41, 5.74) is 2.36. The van der Waals surface area contributed by atoms with Gasteiger partial charge in [0.15, 0.2) is 0 Å². The number of carbonyl (C=O) groups excluding carboxylic acids is 1. The molecule has 0 heterocycles. The van der Waals surface area contributed by atoms with Gasteiger partial charge >= 0.3 is 0 Å². The molecule has 1 rings (SSSR count). The summed E-state index contributed by atoms with van der Waals surface area (Å²) < 4.78 is 4.78. The zero-order valence-corrected chi connectivity index (χ0v) is 11.0. The number of nitrogens with one attached hydrogen (secondary N) is 1. The molecule has 0 aromatic heterocycles. The third kappa shape index (κ3) is 5.80. The summed E-state index contributed by atoms with van der Waals surface area (Å²) in [6.45, 7) is 2.51. The van der Waals surface area contributed by atoms with Crippen molar-refractivity contribution in [1.82, 2.24) is 5.32 Å². The van der Waals surface area contributed by atoms with E-state index in [0.29, 0.717) is 12.8 Å². The Bertz CT molecular complexity index is 362. The number of rotatable bonds is 7. The Morgan fingerprint density at radius 3 is 2.67 bits per heavy atom. The van der Waals surface area contributed by atoms with Gasteiger partial charge in [0, 0.05) is 20.1 Å². The van der Waals surface area contributed by atoms with E-state index >= 15 is 0 Å². The number of aryl methyl sites for hydroxylation is 2. The Balaban J connectivity index is 2.22. The molecule has 1 unspecified atom stereocenters. The SMILES string of the molecule is COCC(O)CNC(=O)CCc1ccc(C)cc1. The number of carbonyl (C=O) groups is 1. The van der Waals surface area contributed by atoms with E-state index in [1.54, 1.807) is 0 Å². The van der Waals surface area contributed by atoms with Crippen molar-refractivity contribution in [3.8, 4) is 0 Å². The van der Waals surface area contributed by atoms with Gasteiger partial charge in [0.1, 0.15) is 0 Å². The summed E-state index contributed by atoms with van der Waals surface area (Å²) in [4.78, 5) is 11.5. The number of hydrogen-bond acceptors (Lipinski definition) is 3. The third-order valence-electron chi connectivity index (χ3n) is 2.66. The van der Waals surface area contributed by atoms with Crippen molar-refractivity contribution >= 4 is 5.91 Å². The lowest BCUT2D eigenvalue weighted by Crippen LogP contribution is -2.34. The molecule has 0 aliphatic carbocycles. The Labute approximate surface area is 108 Å². The van der Waals surface area contributed by atoms with E-state index in [1.165, 1.54) is 12.7 Å². The van der Waals surface area contributed by atoms with E-state index in [0.717, 1.165) is 5.56 Å². The minimum Gasteiger partial charge on any atom is -0.389 e. The summed E-state index contributed by atoms with van der Waals surface area (Å²) in [6.07, 6.45) is 0.508. The Hall–Kier alpha value is -1.39. The van der Waals surface area contributed by atoms with Gasteiger partial charge in [-0.05, 0) is 18.9 Å². The van der Waals surface area contributed by atoms with Crippen LogP contribution in [0.5, 0.6) is 0 Å². The second-order valence-electron chi connectivity index (χ2n) is 4.40. The molecule has 1 amide bonds. The van der Waals surface area contributed by atoms with Crippen LogP contribution in [0.4, 0.5) is 0 Å². The molecule has 0 aliphatic heterocycles. The maximum absolute atomic E-state index is 11.5. The van der Waals surface area contributed by atoms with Crippen LogP contribution in [0, 0.1) is 6.92 Å². The average Bonchev–Trinajstić information content (AvgIpc) is 2.36. The smallest absolute Gasteiger partial charge is 0.220 e. The van der Waals surface area contributed by atoms with Crippen LogP contribution in [-0.2, 0) is 16.0 Å². The highest BCUT2D eigenvalue weighted by Crippen LogP contribution is 2.05. The van der Waals surface area contributed by atoms with Crippen LogP contribution in [0.15, 0.2) is 24.3 Å². The standard InChI is InChI=1S/C14H21NO3/c1-11-3-5-12(6-4-11)7-8-14(17)15-9-13(16)10-18-2/h3-6,13,16H,7-10H2,1-2H3,(H,15,17). The van der Waals surface area contributed by atoms with Gasteiger partial charge in [-0.15, -0.1) is 0 Å². The molecule has 2 N–H and O–H groups in total. The van der Waals surface area contributed by atoms with E-state index in [4.69, 9.17) is 4.74 Å². The van der Waals surface area contributed by atoms with Gasteiger partial charge in [-0.2, -0.15) is 0 Å². The van der Waals surface area contributed by atoms with Crippen LogP contribution in [0.25, 0.3) is 0 Å². The zero-order chi connectivity index (χ0) is 13.4. The van der Waals surface area contributed by atoms with Crippen LogP contribution in [0.3, 0.4) is 0 Å². The molecule has 100 valence electrons. The number of aliphatic hydroxyl groups is 1. The first-order chi connectivity index (χ1) is 8.61. The number of amides is 1. The first kappa shape index (κ1) is 14.7. The van der Waals surface area contributed by atoms with E-state index in [1.807, 2.05) is 31.2 Å². The molecule has 0 saturated carbocycles. The lowest BCUT2D eigenvalue weighted by Gasteiger charge is -2.10. The van der Waals surface area contributed by atoms with E-state index in [9.17, 15) is 9.90 Å². The maximum Gasteiger partial charge on any atom is 0.220 e. The minimum absolute atomic E-state index is 0.0503. The van der Waals surface area contributed by atoms with Crippen molar-refractivity contribution in [2.45, 2.75) is 25.9 Å². The molecule has 0 saturated heterocycles. The number of ether oxygens (including phenoxy) is 1. The molecule has 0 fully saturated rings. The van der Waals surface area contributed by atoms with Gasteiger partial charge in [-0.3, -0.25) is 4.79 Å². The molecule has 4 heteroatoms. The molecule has 0 aliphatic rings. The number of aliphatic hydroxyl groups excluding tert-OH is 1. The molecule has 1 aromatic rings. The van der Waals surface area contributed by atoms with E-state index in [2.05, 4.69) is 5.32 Å². The zero-order valence-electron chi connectivity index (χ0n) is 11.0. The number of methoxy groups -OCH3 is 1. The minimum atomic E-state index is -0.640. The van der Waals surface area contributed by atoms with Crippen LogP contribution in [0.2, 0.25) is 0 Å². The highest BCUT2D eigenvalue weighted by atomic mass is 16.5. The first-order valence-corrected chi connectivity index (χ1v) is 6.11. The molecular formula is C14H21NO3. The Morgan fingerprint density at radius 1 is 1.39 bits per heavy atom. The average molecular weight is 251 g/mol. The molecule has 18 heavy (non-hydrogen) atoms. The normalized spacial score (nSPS) is 12.2. The lowest BCUT2D eigenvalue weighted by molar-refractivity contribution is -0.121. The quantitative estimate of drug-likeness (QED) is 0.761. The van der Waals surface area contributed by atoms with Crippen LogP contribution < -0.4 is 5.32 Å². The lowest BCUT2D eigenvalue weighted by atomic mass is 10.1. The molecule has 0 radical (unpaired) electrons. The van der Waals surface area contributed by atoms with E-state index in [-0.39, 0.29) is 19.1 Å². The molecule has 1 aromatic carbocycles. The predicted octanol–water partition coefficient (Wildman–Crippen LogP) is 1.05. The van der Waals surface area contributed by atoms with Crippen molar-refractivity contribution in [2.24, 2.45) is 0 Å². The van der Waals surface area contributed by atoms with E-state index < -0.39 is 6.10 Å². The summed E-state index contributed by atoms with van der Waals surface area (Å²) in [5, 5.41) is 12.1. The van der Waals surface area contributed by atoms with Gasteiger partial charge in [0.2, 0.25) is 5.91 Å². The predicted molar refractivity (Wildman–Crippen MR) is 70.4 cm³/mol. The first-order valence-electron chi connectivity index (χ1n) is 6.11. The van der Waals surface area contributed by atoms with Gasteiger partial charge < -0.3 is 15.2 Å². The third-order valence-corrected chi connectivity index (χ3v) is 2.66. The summed E-state index contributed by atoms with van der Waals surface area (Å²) in [5.74, 6) is -0.0503. The van der Waals surface area contributed by atoms with Crippen LogP contribution in [-0.4, -0.2) is 37.4 Å². The van der Waals surface area contributed by atoms with Crippen LogP contribution in [0.1, 0.15) is 17.5 Å². The second kappa shape index (κ2) is 7.84. The summed E-state index contributed by atoms with van der Waals surface area (Å²) in [7, 11) is 1.52.